The Balaban J connectivity index is 1.98. The third-order valence-electron chi connectivity index (χ3n) is 3.20. The molecule has 0 saturated heterocycles. The van der Waals surface area contributed by atoms with Gasteiger partial charge in [-0.15, -0.1) is 0 Å². The van der Waals surface area contributed by atoms with Crippen molar-refractivity contribution in [2.75, 3.05) is 18.4 Å². The van der Waals surface area contributed by atoms with Crippen LogP contribution in [0.4, 0.5) is 19.3 Å². The van der Waals surface area contributed by atoms with Crippen molar-refractivity contribution in [3.05, 3.63) is 59.9 Å². The minimum atomic E-state index is -0.671. The Labute approximate surface area is 127 Å². The highest BCUT2D eigenvalue weighted by molar-refractivity contribution is 5.89. The molecule has 1 aromatic carbocycles. The Bertz CT molecular complexity index is 635. The molecule has 0 atom stereocenters. The zero-order valence-corrected chi connectivity index (χ0v) is 12.2. The molecule has 0 saturated carbocycles. The van der Waals surface area contributed by atoms with Gasteiger partial charge in [-0.25, -0.2) is 13.6 Å². The highest BCUT2D eigenvalue weighted by Crippen LogP contribution is 2.16. The molecule has 6 heteroatoms. The summed E-state index contributed by atoms with van der Waals surface area (Å²) in [5.41, 5.74) is 0.701. The molecule has 0 bridgehead atoms. The SMILES string of the molecule is CCN(CCc1ccccn1)C(=O)Nc1cc(F)ccc1F. The first-order chi connectivity index (χ1) is 10.6. The summed E-state index contributed by atoms with van der Waals surface area (Å²) in [6.45, 7) is 2.71. The van der Waals surface area contributed by atoms with Crippen molar-refractivity contribution < 1.29 is 13.6 Å². The lowest BCUT2D eigenvalue weighted by atomic mass is 10.2. The molecule has 0 radical (unpaired) electrons. The normalized spacial score (nSPS) is 10.3. The molecular weight excluding hydrogens is 288 g/mol. The van der Waals surface area contributed by atoms with E-state index in [1.807, 2.05) is 25.1 Å². The first kappa shape index (κ1) is 15.9. The predicted molar refractivity (Wildman–Crippen MR) is 80.6 cm³/mol. The van der Waals surface area contributed by atoms with Gasteiger partial charge in [-0.3, -0.25) is 4.98 Å². The van der Waals surface area contributed by atoms with Crippen LogP contribution in [0.2, 0.25) is 0 Å². The van der Waals surface area contributed by atoms with Crippen molar-refractivity contribution in [1.29, 1.82) is 0 Å². The van der Waals surface area contributed by atoms with Crippen molar-refractivity contribution in [2.45, 2.75) is 13.3 Å². The number of amides is 2. The number of rotatable bonds is 5. The monoisotopic (exact) mass is 305 g/mol. The van der Waals surface area contributed by atoms with Crippen LogP contribution < -0.4 is 5.32 Å². The van der Waals surface area contributed by atoms with Gasteiger partial charge < -0.3 is 10.2 Å². The summed E-state index contributed by atoms with van der Waals surface area (Å²) in [5, 5.41) is 2.39. The number of hydrogen-bond donors (Lipinski definition) is 1. The van der Waals surface area contributed by atoms with Crippen LogP contribution in [0, 0.1) is 11.6 Å². The number of nitrogens with zero attached hydrogens (tertiary/aromatic N) is 2. The molecule has 0 aliphatic rings. The highest BCUT2D eigenvalue weighted by Gasteiger charge is 2.14. The molecule has 4 nitrogen and oxygen atoms in total. The predicted octanol–water partition coefficient (Wildman–Crippen LogP) is 3.46. The first-order valence-electron chi connectivity index (χ1n) is 7.01. The molecule has 0 unspecified atom stereocenters. The van der Waals surface area contributed by atoms with Crippen LogP contribution in [0.3, 0.4) is 0 Å². The number of anilines is 1. The van der Waals surface area contributed by atoms with Gasteiger partial charge in [0.25, 0.3) is 0 Å². The second-order valence-electron chi connectivity index (χ2n) is 4.71. The molecule has 2 rings (SSSR count). The van der Waals surface area contributed by atoms with Crippen molar-refractivity contribution >= 4 is 11.7 Å². The van der Waals surface area contributed by atoms with Crippen molar-refractivity contribution in [3.63, 3.8) is 0 Å². The largest absolute Gasteiger partial charge is 0.324 e. The number of halogens is 2. The van der Waals surface area contributed by atoms with E-state index in [1.54, 1.807) is 6.20 Å². The topological polar surface area (TPSA) is 45.2 Å². The third-order valence-corrected chi connectivity index (χ3v) is 3.20. The van der Waals surface area contributed by atoms with E-state index in [0.717, 1.165) is 23.9 Å². The number of benzene rings is 1. The smallest absolute Gasteiger partial charge is 0.321 e. The van der Waals surface area contributed by atoms with Crippen LogP contribution >= 0.6 is 0 Å². The number of nitrogens with one attached hydrogen (secondary N) is 1. The van der Waals surface area contributed by atoms with E-state index in [9.17, 15) is 13.6 Å². The summed E-state index contributed by atoms with van der Waals surface area (Å²) in [6.07, 6.45) is 2.28. The number of hydrogen-bond acceptors (Lipinski definition) is 2. The number of aromatic nitrogens is 1. The fourth-order valence-electron chi connectivity index (χ4n) is 1.99. The molecule has 2 amide bonds. The third kappa shape index (κ3) is 4.25. The average Bonchev–Trinajstić information content (AvgIpc) is 2.52. The van der Waals surface area contributed by atoms with E-state index in [0.29, 0.717) is 19.5 Å². The van der Waals surface area contributed by atoms with Crippen LogP contribution in [0.5, 0.6) is 0 Å². The van der Waals surface area contributed by atoms with Gasteiger partial charge >= 0.3 is 6.03 Å². The number of pyridine rings is 1. The van der Waals surface area contributed by atoms with Gasteiger partial charge in [0.1, 0.15) is 11.6 Å². The molecule has 0 aliphatic heterocycles. The van der Waals surface area contributed by atoms with Crippen LogP contribution in [0.1, 0.15) is 12.6 Å². The lowest BCUT2D eigenvalue weighted by Gasteiger charge is -2.21. The molecule has 0 aliphatic carbocycles. The average molecular weight is 305 g/mol. The summed E-state index contributed by atoms with van der Waals surface area (Å²) < 4.78 is 26.6. The lowest BCUT2D eigenvalue weighted by Crippen LogP contribution is -2.36. The van der Waals surface area contributed by atoms with Gasteiger partial charge in [0.05, 0.1) is 5.69 Å². The molecule has 2 aromatic rings. The molecule has 1 aromatic heterocycles. The van der Waals surface area contributed by atoms with Gasteiger partial charge in [-0.05, 0) is 31.2 Å². The Morgan fingerprint density at radius 2 is 2.09 bits per heavy atom. The first-order valence-corrected chi connectivity index (χ1v) is 7.01. The Morgan fingerprint density at radius 1 is 1.27 bits per heavy atom. The Kier molecular flexibility index (Phi) is 5.41. The zero-order chi connectivity index (χ0) is 15.9. The van der Waals surface area contributed by atoms with Crippen LogP contribution in [0.25, 0.3) is 0 Å². The molecule has 1 heterocycles. The van der Waals surface area contributed by atoms with E-state index in [1.165, 1.54) is 4.90 Å². The number of carbonyl (C=O) groups is 1. The standard InChI is InChI=1S/C16H17F2N3O/c1-2-21(10-8-13-5-3-4-9-19-13)16(22)20-15-11-12(17)6-7-14(15)18/h3-7,9,11H,2,8,10H2,1H3,(H,20,22). The van der Waals surface area contributed by atoms with Crippen molar-refractivity contribution in [3.8, 4) is 0 Å². The minimum absolute atomic E-state index is 0.165. The molecular formula is C16H17F2N3O. The van der Waals surface area contributed by atoms with Crippen molar-refractivity contribution in [2.24, 2.45) is 0 Å². The molecule has 0 fully saturated rings. The molecule has 116 valence electrons. The fourth-order valence-corrected chi connectivity index (χ4v) is 1.99. The highest BCUT2D eigenvalue weighted by atomic mass is 19.1. The number of carbonyl (C=O) groups excluding carboxylic acids is 1. The second kappa shape index (κ2) is 7.49. The quantitative estimate of drug-likeness (QED) is 0.919. The Morgan fingerprint density at radius 3 is 2.77 bits per heavy atom. The maximum atomic E-state index is 13.5. The Hall–Kier alpha value is -2.50. The van der Waals surface area contributed by atoms with E-state index in [-0.39, 0.29) is 5.69 Å². The van der Waals surface area contributed by atoms with Crippen LogP contribution in [0.15, 0.2) is 42.6 Å². The van der Waals surface area contributed by atoms with E-state index in [4.69, 9.17) is 0 Å². The van der Waals surface area contributed by atoms with E-state index in [2.05, 4.69) is 10.3 Å². The molecule has 0 spiro atoms. The van der Waals surface area contributed by atoms with E-state index < -0.39 is 17.7 Å². The fraction of sp³-hybridized carbons (Fsp3) is 0.250. The molecule has 22 heavy (non-hydrogen) atoms. The van der Waals surface area contributed by atoms with Gasteiger partial charge in [0.2, 0.25) is 0 Å². The van der Waals surface area contributed by atoms with Crippen molar-refractivity contribution in [1.82, 2.24) is 9.88 Å². The number of likely N-dealkylation sites (N-methyl/N-ethyl adjacent to an activating group) is 1. The summed E-state index contributed by atoms with van der Waals surface area (Å²) in [4.78, 5) is 17.8. The summed E-state index contributed by atoms with van der Waals surface area (Å²) in [6, 6.07) is 8.04. The minimum Gasteiger partial charge on any atom is -0.324 e. The van der Waals surface area contributed by atoms with Gasteiger partial charge in [0.15, 0.2) is 0 Å². The van der Waals surface area contributed by atoms with Gasteiger partial charge in [-0.2, -0.15) is 0 Å². The number of urea groups is 1. The van der Waals surface area contributed by atoms with Crippen LogP contribution in [-0.2, 0) is 6.42 Å². The lowest BCUT2D eigenvalue weighted by molar-refractivity contribution is 0.215. The van der Waals surface area contributed by atoms with Gasteiger partial charge in [0, 0.05) is 37.5 Å². The maximum absolute atomic E-state index is 13.5. The summed E-state index contributed by atoms with van der Waals surface area (Å²) >= 11 is 0. The van der Waals surface area contributed by atoms with E-state index >= 15 is 0 Å². The zero-order valence-electron chi connectivity index (χ0n) is 12.2. The maximum Gasteiger partial charge on any atom is 0.321 e. The molecule has 1 N–H and O–H groups in total. The second-order valence-corrected chi connectivity index (χ2v) is 4.71. The van der Waals surface area contributed by atoms with Gasteiger partial charge in [-0.1, -0.05) is 6.07 Å². The summed E-state index contributed by atoms with van der Waals surface area (Å²) in [7, 11) is 0. The summed E-state index contributed by atoms with van der Waals surface area (Å²) in [5.74, 6) is -1.27. The van der Waals surface area contributed by atoms with Crippen LogP contribution in [-0.4, -0.2) is 29.0 Å².